The van der Waals surface area contributed by atoms with E-state index in [1.165, 1.54) is 11.8 Å². The molecule has 2 aromatic rings. The normalized spacial score (nSPS) is 13.0. The molecule has 0 fully saturated rings. The molecule has 130 valence electrons. The number of thioether (sulfide) groups is 1. The second-order valence-electron chi connectivity index (χ2n) is 5.28. The molecule has 0 radical (unpaired) electrons. The number of halogens is 1. The summed E-state index contributed by atoms with van der Waals surface area (Å²) in [5.41, 5.74) is 4.42. The summed E-state index contributed by atoms with van der Waals surface area (Å²) in [5, 5.41) is 4.70. The molecule has 0 aliphatic carbocycles. The Bertz CT molecular complexity index is 765. The van der Waals surface area contributed by atoms with Gasteiger partial charge in [0.25, 0.3) is 0 Å². The Hall–Kier alpha value is -2.18. The van der Waals surface area contributed by atoms with E-state index in [0.29, 0.717) is 35.5 Å². The molecule has 1 aliphatic heterocycles. The molecule has 0 atom stereocenters. The SMILES string of the molecule is O=C(CSCc1ccc(Cl)cc1)N/N=C/c1cccc2c1OCCO2. The summed E-state index contributed by atoms with van der Waals surface area (Å²) in [6.45, 7) is 1.04. The summed E-state index contributed by atoms with van der Waals surface area (Å²) in [4.78, 5) is 11.8. The van der Waals surface area contributed by atoms with E-state index in [0.717, 1.165) is 16.9 Å². The zero-order chi connectivity index (χ0) is 17.5. The molecule has 1 amide bonds. The number of rotatable bonds is 6. The molecule has 1 aliphatic rings. The van der Waals surface area contributed by atoms with Crippen molar-refractivity contribution in [3.8, 4) is 11.5 Å². The van der Waals surface area contributed by atoms with Gasteiger partial charge in [0, 0.05) is 16.3 Å². The van der Waals surface area contributed by atoms with Crippen LogP contribution >= 0.6 is 23.4 Å². The van der Waals surface area contributed by atoms with Gasteiger partial charge >= 0.3 is 0 Å². The first-order valence-corrected chi connectivity index (χ1v) is 9.28. The number of nitrogens with one attached hydrogen (secondary N) is 1. The highest BCUT2D eigenvalue weighted by Gasteiger charge is 2.14. The van der Waals surface area contributed by atoms with Crippen molar-refractivity contribution in [2.24, 2.45) is 5.10 Å². The topological polar surface area (TPSA) is 59.9 Å². The Labute approximate surface area is 155 Å². The van der Waals surface area contributed by atoms with Crippen molar-refractivity contribution in [2.75, 3.05) is 19.0 Å². The van der Waals surface area contributed by atoms with Gasteiger partial charge in [0.15, 0.2) is 11.5 Å². The number of benzene rings is 2. The maximum Gasteiger partial charge on any atom is 0.250 e. The lowest BCUT2D eigenvalue weighted by Gasteiger charge is -2.19. The molecular formula is C18H17ClN2O3S. The van der Waals surface area contributed by atoms with Gasteiger partial charge in [-0.3, -0.25) is 4.79 Å². The third-order valence-electron chi connectivity index (χ3n) is 3.40. The zero-order valence-electron chi connectivity index (χ0n) is 13.4. The number of nitrogens with zero attached hydrogens (tertiary/aromatic N) is 1. The number of para-hydroxylation sites is 1. The van der Waals surface area contributed by atoms with Crippen molar-refractivity contribution in [3.63, 3.8) is 0 Å². The van der Waals surface area contributed by atoms with Crippen LogP contribution in [0.2, 0.25) is 5.02 Å². The maximum absolute atomic E-state index is 11.8. The van der Waals surface area contributed by atoms with Crippen molar-refractivity contribution >= 4 is 35.5 Å². The molecule has 2 aromatic carbocycles. The molecular weight excluding hydrogens is 360 g/mol. The van der Waals surface area contributed by atoms with Crippen molar-refractivity contribution in [2.45, 2.75) is 5.75 Å². The van der Waals surface area contributed by atoms with E-state index in [1.807, 2.05) is 42.5 Å². The lowest BCUT2D eigenvalue weighted by atomic mass is 10.2. The number of amides is 1. The van der Waals surface area contributed by atoms with E-state index in [2.05, 4.69) is 10.5 Å². The molecule has 0 aromatic heterocycles. The quantitative estimate of drug-likeness (QED) is 0.619. The number of ether oxygens (including phenoxy) is 2. The Balaban J connectivity index is 1.46. The van der Waals surface area contributed by atoms with Crippen LogP contribution in [0.15, 0.2) is 47.6 Å². The van der Waals surface area contributed by atoms with E-state index in [4.69, 9.17) is 21.1 Å². The first-order valence-electron chi connectivity index (χ1n) is 7.75. The van der Waals surface area contributed by atoms with Crippen LogP contribution in [0.25, 0.3) is 0 Å². The molecule has 1 N–H and O–H groups in total. The Morgan fingerprint density at radius 3 is 2.84 bits per heavy atom. The fraction of sp³-hybridized carbons (Fsp3) is 0.222. The number of carbonyl (C=O) groups is 1. The van der Waals surface area contributed by atoms with Crippen LogP contribution in [0.3, 0.4) is 0 Å². The van der Waals surface area contributed by atoms with Gasteiger partial charge in [0.05, 0.1) is 12.0 Å². The van der Waals surface area contributed by atoms with Crippen LogP contribution in [0, 0.1) is 0 Å². The van der Waals surface area contributed by atoms with Crippen LogP contribution in [-0.4, -0.2) is 31.1 Å². The minimum Gasteiger partial charge on any atom is -0.486 e. The molecule has 3 rings (SSSR count). The van der Waals surface area contributed by atoms with E-state index < -0.39 is 0 Å². The number of hydrogen-bond donors (Lipinski definition) is 1. The Morgan fingerprint density at radius 1 is 1.20 bits per heavy atom. The first kappa shape index (κ1) is 17.6. The second kappa shape index (κ2) is 8.78. The van der Waals surface area contributed by atoms with Crippen LogP contribution in [0.1, 0.15) is 11.1 Å². The largest absolute Gasteiger partial charge is 0.486 e. The lowest BCUT2D eigenvalue weighted by Crippen LogP contribution is -2.20. The molecule has 0 bridgehead atoms. The highest BCUT2D eigenvalue weighted by atomic mass is 35.5. The standard InChI is InChI=1S/C18H17ClN2O3S/c19-15-6-4-13(5-7-15)11-25-12-17(22)21-20-10-14-2-1-3-16-18(14)24-9-8-23-16/h1-7,10H,8-9,11-12H2,(H,21,22)/b20-10+. The van der Waals surface area contributed by atoms with Crippen molar-refractivity contribution in [1.29, 1.82) is 0 Å². The first-order chi connectivity index (χ1) is 12.2. The average molecular weight is 377 g/mol. The third-order valence-corrected chi connectivity index (χ3v) is 4.66. The van der Waals surface area contributed by atoms with Crippen molar-refractivity contribution in [3.05, 3.63) is 58.6 Å². The predicted octanol–water partition coefficient (Wildman–Crippen LogP) is 3.49. The minimum atomic E-state index is -0.155. The van der Waals surface area contributed by atoms with E-state index in [-0.39, 0.29) is 5.91 Å². The number of carbonyl (C=O) groups excluding carboxylic acids is 1. The fourth-order valence-corrected chi connectivity index (χ4v) is 3.15. The summed E-state index contributed by atoms with van der Waals surface area (Å²) >= 11 is 7.36. The van der Waals surface area contributed by atoms with Crippen LogP contribution in [0.5, 0.6) is 11.5 Å². The molecule has 0 unspecified atom stereocenters. The fourth-order valence-electron chi connectivity index (χ4n) is 2.25. The van der Waals surface area contributed by atoms with Crippen molar-refractivity contribution < 1.29 is 14.3 Å². The summed E-state index contributed by atoms with van der Waals surface area (Å²) in [5.74, 6) is 2.26. The van der Waals surface area contributed by atoms with Gasteiger partial charge in [-0.25, -0.2) is 5.43 Å². The molecule has 5 nitrogen and oxygen atoms in total. The summed E-state index contributed by atoms with van der Waals surface area (Å²) in [6, 6.07) is 13.1. The number of hydrogen-bond acceptors (Lipinski definition) is 5. The van der Waals surface area contributed by atoms with E-state index in [1.54, 1.807) is 6.21 Å². The van der Waals surface area contributed by atoms with Gasteiger partial charge in [-0.15, -0.1) is 11.8 Å². The molecule has 1 heterocycles. The summed E-state index contributed by atoms with van der Waals surface area (Å²) in [6.07, 6.45) is 1.56. The molecule has 0 spiro atoms. The zero-order valence-corrected chi connectivity index (χ0v) is 15.0. The molecule has 25 heavy (non-hydrogen) atoms. The minimum absolute atomic E-state index is 0.155. The highest BCUT2D eigenvalue weighted by Crippen LogP contribution is 2.32. The summed E-state index contributed by atoms with van der Waals surface area (Å²) < 4.78 is 11.1. The Kier molecular flexibility index (Phi) is 6.19. The Morgan fingerprint density at radius 2 is 2.00 bits per heavy atom. The van der Waals surface area contributed by atoms with E-state index in [9.17, 15) is 4.79 Å². The van der Waals surface area contributed by atoms with Gasteiger partial charge in [-0.05, 0) is 29.8 Å². The van der Waals surface area contributed by atoms with Crippen LogP contribution in [-0.2, 0) is 10.5 Å². The predicted molar refractivity (Wildman–Crippen MR) is 101 cm³/mol. The maximum atomic E-state index is 11.8. The monoisotopic (exact) mass is 376 g/mol. The third kappa shape index (κ3) is 5.14. The number of hydrazone groups is 1. The molecule has 0 saturated carbocycles. The van der Waals surface area contributed by atoms with Gasteiger partial charge < -0.3 is 9.47 Å². The van der Waals surface area contributed by atoms with E-state index >= 15 is 0 Å². The van der Waals surface area contributed by atoms with Crippen LogP contribution in [0.4, 0.5) is 0 Å². The van der Waals surface area contributed by atoms with Gasteiger partial charge in [0.2, 0.25) is 5.91 Å². The van der Waals surface area contributed by atoms with Crippen molar-refractivity contribution in [1.82, 2.24) is 5.43 Å². The van der Waals surface area contributed by atoms with Crippen LogP contribution < -0.4 is 14.9 Å². The average Bonchev–Trinajstić information content (AvgIpc) is 2.64. The number of fused-ring (bicyclic) bond motifs is 1. The van der Waals surface area contributed by atoms with Gasteiger partial charge in [-0.1, -0.05) is 29.8 Å². The lowest BCUT2D eigenvalue weighted by molar-refractivity contribution is -0.118. The second-order valence-corrected chi connectivity index (χ2v) is 6.71. The summed E-state index contributed by atoms with van der Waals surface area (Å²) in [7, 11) is 0. The smallest absolute Gasteiger partial charge is 0.250 e. The van der Waals surface area contributed by atoms with Gasteiger partial charge in [0.1, 0.15) is 13.2 Å². The van der Waals surface area contributed by atoms with Gasteiger partial charge in [-0.2, -0.15) is 5.10 Å². The molecule has 7 heteroatoms. The molecule has 0 saturated heterocycles. The highest BCUT2D eigenvalue weighted by molar-refractivity contribution is 7.99.